The number of piperidine rings is 1. The minimum atomic E-state index is 0.324. The van der Waals surface area contributed by atoms with Gasteiger partial charge >= 0.3 is 0 Å². The van der Waals surface area contributed by atoms with E-state index in [0.717, 1.165) is 26.2 Å². The lowest BCUT2D eigenvalue weighted by Crippen LogP contribution is -2.40. The van der Waals surface area contributed by atoms with Gasteiger partial charge in [-0.3, -0.25) is 4.79 Å². The Bertz CT molecular complexity index is 264. The lowest BCUT2D eigenvalue weighted by atomic mass is 10.0. The molecule has 1 saturated heterocycles. The number of amides is 1. The number of nitrogens with two attached hydrogens (primary N) is 1. The van der Waals surface area contributed by atoms with E-state index in [2.05, 4.69) is 5.32 Å². The molecule has 4 nitrogen and oxygen atoms in total. The fraction of sp³-hybridized carbons (Fsp3) is 0.929. The Morgan fingerprint density at radius 3 is 2.67 bits per heavy atom. The summed E-state index contributed by atoms with van der Waals surface area (Å²) in [5, 5.41) is 3.53. The molecule has 0 aromatic rings. The highest BCUT2D eigenvalue weighted by Gasteiger charge is 2.25. The van der Waals surface area contributed by atoms with E-state index in [-0.39, 0.29) is 0 Å². The Kier molecular flexibility index (Phi) is 5.45. The average Bonchev–Trinajstić information content (AvgIpc) is 2.87. The van der Waals surface area contributed by atoms with Crippen LogP contribution in [0.15, 0.2) is 0 Å². The highest BCUT2D eigenvalue weighted by Crippen LogP contribution is 2.24. The van der Waals surface area contributed by atoms with Gasteiger partial charge in [0, 0.05) is 32.1 Å². The monoisotopic (exact) mass is 253 g/mol. The molecule has 0 spiro atoms. The van der Waals surface area contributed by atoms with Crippen molar-refractivity contribution < 1.29 is 4.79 Å². The first-order chi connectivity index (χ1) is 8.81. The molecule has 2 unspecified atom stereocenters. The van der Waals surface area contributed by atoms with Gasteiger partial charge in [0.1, 0.15) is 0 Å². The maximum atomic E-state index is 12.0. The Labute approximate surface area is 110 Å². The van der Waals surface area contributed by atoms with Crippen molar-refractivity contribution in [3.8, 4) is 0 Å². The van der Waals surface area contributed by atoms with Crippen LogP contribution in [-0.4, -0.2) is 43.0 Å². The first-order valence-corrected chi connectivity index (χ1v) is 7.52. The quantitative estimate of drug-likeness (QED) is 0.771. The maximum absolute atomic E-state index is 12.0. The second kappa shape index (κ2) is 7.10. The predicted octanol–water partition coefficient (Wildman–Crippen LogP) is 1.11. The van der Waals surface area contributed by atoms with Gasteiger partial charge in [0.05, 0.1) is 0 Å². The van der Waals surface area contributed by atoms with Gasteiger partial charge in [-0.05, 0) is 44.6 Å². The second-order valence-corrected chi connectivity index (χ2v) is 5.68. The molecule has 4 heteroatoms. The van der Waals surface area contributed by atoms with Crippen LogP contribution in [0.1, 0.15) is 44.9 Å². The maximum Gasteiger partial charge on any atom is 0.223 e. The Morgan fingerprint density at radius 1 is 1.17 bits per heavy atom. The van der Waals surface area contributed by atoms with Crippen molar-refractivity contribution in [1.82, 2.24) is 10.2 Å². The number of nitrogens with one attached hydrogen (secondary N) is 1. The fourth-order valence-electron chi connectivity index (χ4n) is 3.25. The smallest absolute Gasteiger partial charge is 0.223 e. The lowest BCUT2D eigenvalue weighted by molar-refractivity contribution is -0.132. The van der Waals surface area contributed by atoms with Gasteiger partial charge in [-0.15, -0.1) is 0 Å². The first kappa shape index (κ1) is 13.8. The Balaban J connectivity index is 1.63. The van der Waals surface area contributed by atoms with Crippen LogP contribution in [0.5, 0.6) is 0 Å². The molecule has 0 aromatic heterocycles. The molecule has 2 atom stereocenters. The molecule has 1 saturated carbocycles. The van der Waals surface area contributed by atoms with Crippen molar-refractivity contribution in [1.29, 1.82) is 0 Å². The molecule has 1 heterocycles. The summed E-state index contributed by atoms with van der Waals surface area (Å²) in [6, 6.07) is 0.546. The van der Waals surface area contributed by atoms with Crippen molar-refractivity contribution in [3.05, 3.63) is 0 Å². The molecule has 104 valence electrons. The first-order valence-electron chi connectivity index (χ1n) is 7.52. The summed E-state index contributed by atoms with van der Waals surface area (Å²) in [7, 11) is 0. The zero-order valence-corrected chi connectivity index (χ0v) is 11.4. The summed E-state index contributed by atoms with van der Waals surface area (Å²) in [6.07, 6.45) is 8.03. The van der Waals surface area contributed by atoms with E-state index in [1.54, 1.807) is 0 Å². The number of hydrogen-bond donors (Lipinski definition) is 2. The number of carbonyl (C=O) groups excluding carboxylic acids is 1. The van der Waals surface area contributed by atoms with Crippen LogP contribution in [0.2, 0.25) is 0 Å². The molecule has 18 heavy (non-hydrogen) atoms. The summed E-state index contributed by atoms with van der Waals surface area (Å²) < 4.78 is 0. The van der Waals surface area contributed by atoms with E-state index in [1.807, 2.05) is 4.90 Å². The molecule has 0 aromatic carbocycles. The van der Waals surface area contributed by atoms with E-state index in [1.165, 1.54) is 38.5 Å². The van der Waals surface area contributed by atoms with Crippen LogP contribution >= 0.6 is 0 Å². The van der Waals surface area contributed by atoms with Gasteiger partial charge in [-0.1, -0.05) is 6.42 Å². The predicted molar refractivity (Wildman–Crippen MR) is 73.2 cm³/mol. The largest absolute Gasteiger partial charge is 0.343 e. The van der Waals surface area contributed by atoms with Crippen molar-refractivity contribution in [2.45, 2.75) is 51.0 Å². The molecule has 3 N–H and O–H groups in total. The molecule has 0 bridgehead atoms. The molecular weight excluding hydrogens is 226 g/mol. The standard InChI is InChI=1S/C14H27N3O/c15-11-12-5-4-6-13(12)16-8-7-14(18)17-9-2-1-3-10-17/h12-13,16H,1-11,15H2. The Morgan fingerprint density at radius 2 is 1.94 bits per heavy atom. The third-order valence-corrected chi connectivity index (χ3v) is 4.42. The summed E-state index contributed by atoms with van der Waals surface area (Å²) in [5.74, 6) is 0.944. The highest BCUT2D eigenvalue weighted by molar-refractivity contribution is 5.76. The zero-order chi connectivity index (χ0) is 12.8. The van der Waals surface area contributed by atoms with Crippen LogP contribution in [0.4, 0.5) is 0 Å². The van der Waals surface area contributed by atoms with Crippen molar-refractivity contribution in [2.75, 3.05) is 26.2 Å². The molecule has 2 aliphatic rings. The Hall–Kier alpha value is -0.610. The molecule has 0 radical (unpaired) electrons. The van der Waals surface area contributed by atoms with E-state index in [4.69, 9.17) is 5.73 Å². The van der Waals surface area contributed by atoms with Crippen molar-refractivity contribution in [3.63, 3.8) is 0 Å². The minimum Gasteiger partial charge on any atom is -0.343 e. The van der Waals surface area contributed by atoms with E-state index in [0.29, 0.717) is 24.3 Å². The zero-order valence-electron chi connectivity index (χ0n) is 11.4. The summed E-state index contributed by atoms with van der Waals surface area (Å²) >= 11 is 0. The van der Waals surface area contributed by atoms with Crippen LogP contribution in [0.25, 0.3) is 0 Å². The van der Waals surface area contributed by atoms with E-state index in [9.17, 15) is 4.79 Å². The molecule has 2 rings (SSSR count). The average molecular weight is 253 g/mol. The van der Waals surface area contributed by atoms with Crippen LogP contribution in [-0.2, 0) is 4.79 Å². The SMILES string of the molecule is NCC1CCCC1NCCC(=O)N1CCCCC1. The highest BCUT2D eigenvalue weighted by atomic mass is 16.2. The fourth-order valence-corrected chi connectivity index (χ4v) is 3.25. The van der Waals surface area contributed by atoms with Crippen LogP contribution in [0, 0.1) is 5.92 Å². The lowest BCUT2D eigenvalue weighted by Gasteiger charge is -2.27. The van der Waals surface area contributed by atoms with Crippen molar-refractivity contribution in [2.24, 2.45) is 11.7 Å². The second-order valence-electron chi connectivity index (χ2n) is 5.68. The molecule has 2 fully saturated rings. The minimum absolute atomic E-state index is 0.324. The van der Waals surface area contributed by atoms with Gasteiger partial charge in [0.25, 0.3) is 0 Å². The molecule has 1 amide bonds. The number of rotatable bonds is 5. The van der Waals surface area contributed by atoms with E-state index < -0.39 is 0 Å². The van der Waals surface area contributed by atoms with Gasteiger partial charge in [0.15, 0.2) is 0 Å². The number of carbonyl (C=O) groups is 1. The summed E-state index contributed by atoms with van der Waals surface area (Å²) in [6.45, 7) is 3.52. The normalized spacial score (nSPS) is 28.6. The summed E-state index contributed by atoms with van der Waals surface area (Å²) in [4.78, 5) is 14.0. The number of likely N-dealkylation sites (tertiary alicyclic amines) is 1. The van der Waals surface area contributed by atoms with E-state index >= 15 is 0 Å². The molecule has 1 aliphatic carbocycles. The van der Waals surface area contributed by atoms with Gasteiger partial charge in [-0.25, -0.2) is 0 Å². The number of hydrogen-bond acceptors (Lipinski definition) is 3. The van der Waals surface area contributed by atoms with Gasteiger partial charge < -0.3 is 16.0 Å². The topological polar surface area (TPSA) is 58.4 Å². The van der Waals surface area contributed by atoms with Crippen molar-refractivity contribution >= 4 is 5.91 Å². The third kappa shape index (κ3) is 3.69. The van der Waals surface area contributed by atoms with Crippen LogP contribution in [0.3, 0.4) is 0 Å². The van der Waals surface area contributed by atoms with Gasteiger partial charge in [0.2, 0.25) is 5.91 Å². The third-order valence-electron chi connectivity index (χ3n) is 4.42. The molecule has 1 aliphatic heterocycles. The van der Waals surface area contributed by atoms with Crippen LogP contribution < -0.4 is 11.1 Å². The van der Waals surface area contributed by atoms with Gasteiger partial charge in [-0.2, -0.15) is 0 Å². The molecular formula is C14H27N3O. The number of nitrogens with zero attached hydrogens (tertiary/aromatic N) is 1. The summed E-state index contributed by atoms with van der Waals surface area (Å²) in [5.41, 5.74) is 5.76.